The average molecular weight is 379 g/mol. The van der Waals surface area contributed by atoms with Crippen LogP contribution in [0.5, 0.6) is 0 Å². The molecule has 3 heterocycles. The monoisotopic (exact) mass is 379 g/mol. The molecule has 28 heavy (non-hydrogen) atoms. The second kappa shape index (κ2) is 7.22. The molecule has 0 bridgehead atoms. The maximum absolute atomic E-state index is 13.8. The van der Waals surface area contributed by atoms with Crippen LogP contribution in [0, 0.1) is 12.9 Å². The van der Waals surface area contributed by atoms with Gasteiger partial charge in [0.05, 0.1) is 17.5 Å². The summed E-state index contributed by atoms with van der Waals surface area (Å²) in [5, 5.41) is 4.10. The summed E-state index contributed by atoms with van der Waals surface area (Å²) >= 11 is 0. The van der Waals surface area contributed by atoms with Gasteiger partial charge in [-0.1, -0.05) is 35.9 Å². The normalized spacial score (nSPS) is 13.2. The van der Waals surface area contributed by atoms with Gasteiger partial charge in [0.1, 0.15) is 0 Å². The first-order chi connectivity index (χ1) is 13.5. The van der Waals surface area contributed by atoms with Gasteiger partial charge in [-0.25, -0.2) is 9.78 Å². The number of halogens is 1. The zero-order chi connectivity index (χ0) is 19.7. The molecule has 2 N–H and O–H groups in total. The van der Waals surface area contributed by atoms with Crippen LogP contribution < -0.4 is 11.2 Å². The predicted molar refractivity (Wildman–Crippen MR) is 103 cm³/mol. The minimum Gasteiger partial charge on any atom is -0.313 e. The Kier molecular flexibility index (Phi) is 4.60. The Hall–Kier alpha value is -3.55. The van der Waals surface area contributed by atoms with Crippen molar-refractivity contribution >= 4 is 5.65 Å². The number of hydrogen-bond acceptors (Lipinski definition) is 4. The molecule has 142 valence electrons. The second-order valence-electron chi connectivity index (χ2n) is 6.72. The van der Waals surface area contributed by atoms with Crippen molar-refractivity contribution in [3.8, 4) is 11.3 Å². The molecule has 0 amide bonds. The van der Waals surface area contributed by atoms with Gasteiger partial charge in [-0.3, -0.25) is 9.78 Å². The topological polar surface area (TPSA) is 95.9 Å². The van der Waals surface area contributed by atoms with Crippen molar-refractivity contribution in [3.63, 3.8) is 0 Å². The van der Waals surface area contributed by atoms with Crippen molar-refractivity contribution in [2.24, 2.45) is 0 Å². The van der Waals surface area contributed by atoms with Gasteiger partial charge in [0.25, 0.3) is 5.56 Å². The Morgan fingerprint density at radius 2 is 1.93 bits per heavy atom. The summed E-state index contributed by atoms with van der Waals surface area (Å²) in [6, 6.07) is 12.0. The van der Waals surface area contributed by atoms with E-state index < -0.39 is 17.2 Å². The molecule has 0 radical (unpaired) electrons. The van der Waals surface area contributed by atoms with Crippen molar-refractivity contribution in [2.75, 3.05) is 0 Å². The van der Waals surface area contributed by atoms with Crippen LogP contribution in [0.25, 0.3) is 16.9 Å². The lowest BCUT2D eigenvalue weighted by molar-refractivity contribution is 0.549. The van der Waals surface area contributed by atoms with Gasteiger partial charge in [-0.15, -0.1) is 0 Å². The van der Waals surface area contributed by atoms with E-state index in [0.717, 1.165) is 29.1 Å². The Bertz CT molecular complexity index is 1240. The standard InChI is InChI=1S/C13H10FN5O2.C7H8/c14-10-5-15-11-7(6-1-2-6)3-9(18-19(10)11)8-4-16-13(21)17-12(8)20;1-7-5-3-2-4-6-7/h3-6H,1-2H2,(H2,16,17,20,21);2-6H,1H3. The molecule has 1 aliphatic rings. The third kappa shape index (κ3) is 3.62. The van der Waals surface area contributed by atoms with Crippen LogP contribution in [0.15, 0.2) is 58.4 Å². The van der Waals surface area contributed by atoms with E-state index in [-0.39, 0.29) is 5.56 Å². The first kappa shape index (κ1) is 17.8. The van der Waals surface area contributed by atoms with Crippen LogP contribution in [-0.4, -0.2) is 24.6 Å². The Morgan fingerprint density at radius 1 is 1.18 bits per heavy atom. The van der Waals surface area contributed by atoms with Crippen LogP contribution in [0.3, 0.4) is 0 Å². The predicted octanol–water partition coefficient (Wildman–Crippen LogP) is 2.78. The van der Waals surface area contributed by atoms with Gasteiger partial charge >= 0.3 is 5.69 Å². The Labute approximate surface area is 158 Å². The Balaban J connectivity index is 0.000000233. The highest BCUT2D eigenvalue weighted by Gasteiger charge is 2.28. The summed E-state index contributed by atoms with van der Waals surface area (Å²) in [6.07, 6.45) is 4.40. The van der Waals surface area contributed by atoms with Gasteiger partial charge < -0.3 is 4.98 Å². The van der Waals surface area contributed by atoms with Crippen LogP contribution in [0.1, 0.15) is 29.9 Å². The zero-order valence-electron chi connectivity index (χ0n) is 15.1. The molecule has 0 aliphatic heterocycles. The van der Waals surface area contributed by atoms with Crippen LogP contribution >= 0.6 is 0 Å². The van der Waals surface area contributed by atoms with E-state index in [4.69, 9.17) is 0 Å². The minimum absolute atomic E-state index is 0.187. The van der Waals surface area contributed by atoms with Crippen LogP contribution in [0.4, 0.5) is 4.39 Å². The smallest absolute Gasteiger partial charge is 0.313 e. The van der Waals surface area contributed by atoms with Crippen molar-refractivity contribution < 1.29 is 4.39 Å². The molecule has 7 nitrogen and oxygen atoms in total. The highest BCUT2D eigenvalue weighted by molar-refractivity contribution is 5.62. The van der Waals surface area contributed by atoms with E-state index in [2.05, 4.69) is 39.1 Å². The molecule has 0 spiro atoms. The Morgan fingerprint density at radius 3 is 2.54 bits per heavy atom. The fourth-order valence-corrected chi connectivity index (χ4v) is 2.93. The van der Waals surface area contributed by atoms with Crippen molar-refractivity contribution in [1.29, 1.82) is 0 Å². The van der Waals surface area contributed by atoms with E-state index >= 15 is 0 Å². The van der Waals surface area contributed by atoms with Gasteiger partial charge in [-0.2, -0.15) is 14.0 Å². The summed E-state index contributed by atoms with van der Waals surface area (Å²) in [6.45, 7) is 2.08. The van der Waals surface area contributed by atoms with E-state index in [9.17, 15) is 14.0 Å². The molecular formula is C20H18FN5O2. The molecular weight excluding hydrogens is 361 g/mol. The fraction of sp³-hybridized carbons (Fsp3) is 0.200. The maximum atomic E-state index is 13.8. The van der Waals surface area contributed by atoms with Crippen molar-refractivity contribution in [1.82, 2.24) is 24.6 Å². The summed E-state index contributed by atoms with van der Waals surface area (Å²) in [7, 11) is 0. The van der Waals surface area contributed by atoms with Gasteiger partial charge in [0, 0.05) is 11.8 Å². The first-order valence-corrected chi connectivity index (χ1v) is 8.91. The lowest BCUT2D eigenvalue weighted by Gasteiger charge is -2.06. The maximum Gasteiger partial charge on any atom is 0.325 e. The number of nitrogens with one attached hydrogen (secondary N) is 2. The van der Waals surface area contributed by atoms with Gasteiger partial charge in [0.15, 0.2) is 5.65 Å². The van der Waals surface area contributed by atoms with E-state index in [1.165, 1.54) is 11.8 Å². The van der Waals surface area contributed by atoms with E-state index in [1.807, 2.05) is 18.2 Å². The number of aromatic amines is 2. The summed E-state index contributed by atoms with van der Waals surface area (Å²) in [5.41, 5.74) is 2.00. The van der Waals surface area contributed by atoms with Crippen molar-refractivity contribution in [3.05, 3.63) is 86.7 Å². The third-order valence-electron chi connectivity index (χ3n) is 4.51. The SMILES string of the molecule is Cc1ccccc1.O=c1[nH]cc(-c2cc(C3CC3)c3ncc(F)n3n2)c(=O)[nH]1. The number of H-pyrrole nitrogens is 2. The van der Waals surface area contributed by atoms with Crippen LogP contribution in [0.2, 0.25) is 0 Å². The van der Waals surface area contributed by atoms with Crippen molar-refractivity contribution in [2.45, 2.75) is 25.7 Å². The number of benzene rings is 1. The van der Waals surface area contributed by atoms with Gasteiger partial charge in [-0.05, 0) is 31.7 Å². The van der Waals surface area contributed by atoms with Gasteiger partial charge in [0.2, 0.25) is 5.95 Å². The second-order valence-corrected chi connectivity index (χ2v) is 6.72. The van der Waals surface area contributed by atoms with Crippen LogP contribution in [-0.2, 0) is 0 Å². The number of nitrogens with zero attached hydrogens (tertiary/aromatic N) is 3. The highest BCUT2D eigenvalue weighted by Crippen LogP contribution is 2.42. The molecule has 0 unspecified atom stereocenters. The number of hydrogen-bond donors (Lipinski definition) is 2. The largest absolute Gasteiger partial charge is 0.325 e. The van der Waals surface area contributed by atoms with E-state index in [0.29, 0.717) is 17.3 Å². The quantitative estimate of drug-likeness (QED) is 0.560. The molecule has 1 fully saturated rings. The average Bonchev–Trinajstić information content (AvgIpc) is 3.46. The molecule has 1 aliphatic carbocycles. The summed E-state index contributed by atoms with van der Waals surface area (Å²) in [5.74, 6) is -0.271. The molecule has 8 heteroatoms. The molecule has 1 aromatic carbocycles. The number of imidazole rings is 1. The molecule has 4 aromatic rings. The number of fused-ring (bicyclic) bond motifs is 1. The molecule has 5 rings (SSSR count). The minimum atomic E-state index is -0.596. The highest BCUT2D eigenvalue weighted by atomic mass is 19.1. The lowest BCUT2D eigenvalue weighted by Crippen LogP contribution is -2.23. The summed E-state index contributed by atoms with van der Waals surface area (Å²) < 4.78 is 14.9. The molecule has 3 aromatic heterocycles. The molecule has 0 saturated heterocycles. The zero-order valence-corrected chi connectivity index (χ0v) is 15.1. The fourth-order valence-electron chi connectivity index (χ4n) is 2.93. The number of rotatable bonds is 2. The third-order valence-corrected chi connectivity index (χ3v) is 4.51. The number of aromatic nitrogens is 5. The molecule has 0 atom stereocenters. The molecule has 1 saturated carbocycles. The number of aryl methyl sites for hydroxylation is 1. The first-order valence-electron chi connectivity index (χ1n) is 8.91. The van der Waals surface area contributed by atoms with E-state index in [1.54, 1.807) is 6.07 Å². The summed E-state index contributed by atoms with van der Waals surface area (Å²) in [4.78, 5) is 31.5. The lowest BCUT2D eigenvalue weighted by atomic mass is 10.1.